The van der Waals surface area contributed by atoms with Gasteiger partial charge in [-0.15, -0.1) is 0 Å². The first-order chi connectivity index (χ1) is 58.1. The molecule has 0 spiro atoms. The van der Waals surface area contributed by atoms with Gasteiger partial charge in [0, 0.05) is 5.56 Å². The fraction of sp³-hybridized carbons (Fsp3) is 0.211. The van der Waals surface area contributed by atoms with Crippen LogP contribution in [0.4, 0.5) is 0 Å². The molecule has 0 N–H and O–H groups in total. The number of aryl methyl sites for hydroxylation is 8. The highest BCUT2D eigenvalue weighted by atomic mass is 32.2. The number of rotatable bonds is 27. The van der Waals surface area contributed by atoms with Crippen LogP contribution in [0.1, 0.15) is 149 Å². The molecular formula is C114H123S5+5. The molecular weight excluding hydrogens is 1530 g/mol. The average Bonchev–Trinajstić information content (AvgIpc) is 0.819. The van der Waals surface area contributed by atoms with Crippen LogP contribution in [0.3, 0.4) is 0 Å². The molecule has 0 bridgehead atoms. The van der Waals surface area contributed by atoms with E-state index < -0.39 is 0 Å². The van der Waals surface area contributed by atoms with Crippen LogP contribution in [0, 0.1) is 41.5 Å². The lowest BCUT2D eigenvalue weighted by Gasteiger charge is -2.19. The first-order valence-corrected chi connectivity index (χ1v) is 48.9. The summed E-state index contributed by atoms with van der Waals surface area (Å²) in [6, 6.07) is 146. The van der Waals surface area contributed by atoms with Crippen LogP contribution in [-0.4, -0.2) is 0 Å². The zero-order valence-electron chi connectivity index (χ0n) is 72.1. The Bertz CT molecular complexity index is 5040. The summed E-state index contributed by atoms with van der Waals surface area (Å²) in [6.07, 6.45) is 15.9. The summed E-state index contributed by atoms with van der Waals surface area (Å²) in [7, 11) is -0.198. The van der Waals surface area contributed by atoms with Gasteiger partial charge < -0.3 is 0 Å². The number of hydrogen-bond acceptors (Lipinski definition) is 0. The van der Waals surface area contributed by atoms with Gasteiger partial charge in [0.25, 0.3) is 0 Å². The molecule has 0 unspecified atom stereocenters. The minimum atomic E-state index is -0.0497. The molecule has 0 aliphatic rings. The molecule has 0 aliphatic carbocycles. The summed E-state index contributed by atoms with van der Waals surface area (Å²) in [6.45, 7) is 24.3. The van der Waals surface area contributed by atoms with Crippen molar-refractivity contribution in [2.24, 2.45) is 0 Å². The maximum atomic E-state index is 2.42. The molecule has 15 aromatic carbocycles. The van der Waals surface area contributed by atoms with E-state index >= 15 is 0 Å². The summed E-state index contributed by atoms with van der Waals surface area (Å²) in [5.74, 6) is 0. The van der Waals surface area contributed by atoms with Gasteiger partial charge in [0.1, 0.15) is 0 Å². The van der Waals surface area contributed by atoms with Crippen LogP contribution in [0.2, 0.25) is 0 Å². The van der Waals surface area contributed by atoms with Crippen molar-refractivity contribution in [1.82, 2.24) is 0 Å². The number of hydrogen-bond donors (Lipinski definition) is 0. The smallest absolute Gasteiger partial charge is 0.0654 e. The van der Waals surface area contributed by atoms with E-state index in [1.165, 1.54) is 201 Å². The summed E-state index contributed by atoms with van der Waals surface area (Å²) >= 11 is 0. The Labute approximate surface area is 730 Å². The molecule has 119 heavy (non-hydrogen) atoms. The van der Waals surface area contributed by atoms with Gasteiger partial charge in [0.15, 0.2) is 73.4 Å². The van der Waals surface area contributed by atoms with Crippen LogP contribution >= 0.6 is 0 Å². The second kappa shape index (κ2) is 47.7. The molecule has 0 nitrogen and oxygen atoms in total. The van der Waals surface area contributed by atoms with Gasteiger partial charge in [-0.05, 0) is 265 Å². The maximum Gasteiger partial charge on any atom is 0.169 e. The molecule has 0 fully saturated rings. The summed E-state index contributed by atoms with van der Waals surface area (Å²) in [5, 5.41) is 0. The zero-order valence-corrected chi connectivity index (χ0v) is 76.2. The molecule has 5 heteroatoms. The van der Waals surface area contributed by atoms with Crippen LogP contribution in [0.5, 0.6) is 0 Å². The van der Waals surface area contributed by atoms with Crippen molar-refractivity contribution in [3.63, 3.8) is 0 Å². The minimum Gasteiger partial charge on any atom is -0.0654 e. The second-order valence-corrected chi connectivity index (χ2v) is 41.7. The molecule has 0 radical (unpaired) electrons. The van der Waals surface area contributed by atoms with Crippen LogP contribution < -0.4 is 0 Å². The van der Waals surface area contributed by atoms with Crippen molar-refractivity contribution >= 4 is 54.5 Å². The van der Waals surface area contributed by atoms with Crippen molar-refractivity contribution in [3.05, 3.63) is 450 Å². The number of benzene rings is 15. The highest BCUT2D eigenvalue weighted by molar-refractivity contribution is 7.98. The van der Waals surface area contributed by atoms with Crippen molar-refractivity contribution in [2.45, 2.75) is 232 Å². The monoisotopic (exact) mass is 1650 g/mol. The fourth-order valence-corrected chi connectivity index (χ4v) is 24.6. The lowest BCUT2D eigenvalue weighted by Crippen LogP contribution is -2.11. The summed E-state index contributed by atoms with van der Waals surface area (Å²) in [5.41, 5.74) is 12.5. The lowest BCUT2D eigenvalue weighted by atomic mass is 9.87. The van der Waals surface area contributed by atoms with Gasteiger partial charge in [0.2, 0.25) is 0 Å². The number of unbranched alkanes of at least 4 members (excludes halogenated alkanes) is 8. The topological polar surface area (TPSA) is 0 Å². The van der Waals surface area contributed by atoms with Gasteiger partial charge >= 0.3 is 0 Å². The molecule has 0 amide bonds. The first kappa shape index (κ1) is 89.8. The molecule has 0 saturated heterocycles. The van der Waals surface area contributed by atoms with E-state index in [0.29, 0.717) is 0 Å². The molecule has 0 aromatic heterocycles. The Hall–Kier alpha value is -9.95. The second-order valence-electron chi connectivity index (χ2n) is 31.6. The van der Waals surface area contributed by atoms with E-state index in [1.54, 1.807) is 0 Å². The molecule has 604 valence electrons. The predicted molar refractivity (Wildman–Crippen MR) is 519 cm³/mol. The van der Waals surface area contributed by atoms with Crippen molar-refractivity contribution < 1.29 is 0 Å². The van der Waals surface area contributed by atoms with E-state index in [2.05, 4.69) is 477 Å². The van der Waals surface area contributed by atoms with Gasteiger partial charge in [0.05, 0.1) is 54.5 Å². The van der Waals surface area contributed by atoms with Crippen LogP contribution in [0.25, 0.3) is 0 Å². The summed E-state index contributed by atoms with van der Waals surface area (Å²) in [4.78, 5) is 20.7. The maximum absolute atomic E-state index is 2.42. The Kier molecular flexibility index (Phi) is 36.0. The highest BCUT2D eigenvalue weighted by Gasteiger charge is 2.34. The highest BCUT2D eigenvalue weighted by Crippen LogP contribution is 2.38. The molecule has 0 saturated carbocycles. The molecule has 0 aliphatic heterocycles. The minimum absolute atomic E-state index is 0.0312. The van der Waals surface area contributed by atoms with Gasteiger partial charge in [-0.2, -0.15) is 0 Å². The molecule has 15 aromatic rings. The largest absolute Gasteiger partial charge is 0.169 e. The Balaban J connectivity index is 0.000000146. The van der Waals surface area contributed by atoms with Crippen molar-refractivity contribution in [2.75, 3.05) is 0 Å². The predicted octanol–water partition coefficient (Wildman–Crippen LogP) is 32.1. The SMILES string of the molecule is CC(C)(C)c1ccc([S+](c2ccccc2)c2ccccc2)cc1.CCCCCCCCc1ccc([S+](c2ccccc2)c2ccccc2)c(C)c1.CCCCCCc1ccc([S+](c2ccccc2)c2ccccc2)cc1.Cc1ccc([S+](c2ccc(C)cc2)c2ccc(C)cc2)cc1.Cc1ccc([S+](c2ccccc2)c2ccc(C)cc2)cc1. The van der Waals surface area contributed by atoms with E-state index in [1.807, 2.05) is 0 Å². The van der Waals surface area contributed by atoms with E-state index in [0.717, 1.165) is 0 Å². The Morgan fingerprint density at radius 3 is 0.647 bits per heavy atom. The van der Waals surface area contributed by atoms with Gasteiger partial charge in [-0.1, -0.05) is 338 Å². The quantitative estimate of drug-likeness (QED) is 0.0356. The van der Waals surface area contributed by atoms with Gasteiger partial charge in [-0.25, -0.2) is 0 Å². The van der Waals surface area contributed by atoms with Crippen LogP contribution in [-0.2, 0) is 72.7 Å². The summed E-state index contributed by atoms with van der Waals surface area (Å²) < 4.78 is 0. The third-order valence-electron chi connectivity index (χ3n) is 20.8. The Morgan fingerprint density at radius 1 is 0.193 bits per heavy atom. The van der Waals surface area contributed by atoms with Crippen LogP contribution in [0.15, 0.2) is 474 Å². The van der Waals surface area contributed by atoms with E-state index in [4.69, 9.17) is 0 Å². The molecule has 15 rings (SSSR count). The average molecular weight is 1650 g/mol. The third kappa shape index (κ3) is 27.8. The molecule has 0 heterocycles. The molecule has 0 atom stereocenters. The van der Waals surface area contributed by atoms with Crippen molar-refractivity contribution in [3.8, 4) is 0 Å². The van der Waals surface area contributed by atoms with E-state index in [-0.39, 0.29) is 59.9 Å². The normalized spacial score (nSPS) is 11.1. The van der Waals surface area contributed by atoms with E-state index in [9.17, 15) is 0 Å². The third-order valence-corrected chi connectivity index (χ3v) is 32.2. The lowest BCUT2D eigenvalue weighted by molar-refractivity contribution is 0.589. The van der Waals surface area contributed by atoms with Gasteiger partial charge in [-0.3, -0.25) is 0 Å². The first-order valence-electron chi connectivity index (χ1n) is 42.8. The van der Waals surface area contributed by atoms with Crippen molar-refractivity contribution in [1.29, 1.82) is 0 Å². The fourth-order valence-electron chi connectivity index (χ4n) is 14.1. The standard InChI is InChI=1S/C27H33S.C24H27S.C22H23S.C21H21S.C20H19S/c1-3-4-5-6-7-10-15-24-20-21-27(23(2)22-24)28(25-16-11-8-12-17-25)26-18-13-9-14-19-26;1-2-3-4-7-12-21-17-19-24(20-18-21)25(22-13-8-5-9-14-22)23-15-10-6-11-16-23;1-22(2,3)18-14-16-21(17-15-18)23(19-10-6-4-7-11-19)20-12-8-5-9-13-20;1-16-4-10-19(11-5-16)22(20-12-6-17(2)7-13-20)21-14-8-18(3)9-15-21;1-16-8-12-19(13-9-16)21(18-6-4-3-5-7-18)20-14-10-17(2)11-15-20/h8-9,11-14,16-22H,3-7,10,15H2,1-2H3;5-6,8-11,13-20H,2-4,7,12H2,1H3;4-17H,1-3H3;4-15H,1-3H3;3-15H,1-2H3/q5*+1. The Morgan fingerprint density at radius 2 is 0.395 bits per heavy atom. The zero-order chi connectivity index (χ0) is 83.4.